The van der Waals surface area contributed by atoms with E-state index in [1.165, 1.54) is 45.0 Å². The maximum absolute atomic E-state index is 13.8. The van der Waals surface area contributed by atoms with E-state index in [-0.39, 0.29) is 11.6 Å². The van der Waals surface area contributed by atoms with Gasteiger partial charge in [0.1, 0.15) is 11.6 Å². The first kappa shape index (κ1) is 20.9. The number of rotatable bonds is 5. The van der Waals surface area contributed by atoms with Crippen molar-refractivity contribution in [3.8, 4) is 11.1 Å². The molecule has 0 saturated heterocycles. The molecule has 0 radical (unpaired) electrons. The molecule has 2 atom stereocenters. The number of benzene rings is 4. The standard InChI is InChI=1S/C26H22F2P2/c1-17-7-3-13-23(29-21-11-5-9-19(27)15-21)25(17)26-18(2)8-4-14-24(26)30-22-12-6-10-20(28)16-22/h3-16,29-30H,1-2H3. The maximum Gasteiger partial charge on any atom is 0.123 e. The highest BCUT2D eigenvalue weighted by molar-refractivity contribution is 7.56. The summed E-state index contributed by atoms with van der Waals surface area (Å²) in [4.78, 5) is 0. The molecule has 0 N–H and O–H groups in total. The lowest BCUT2D eigenvalue weighted by Gasteiger charge is -2.19. The zero-order valence-electron chi connectivity index (χ0n) is 16.8. The SMILES string of the molecule is Cc1cccc(Pc2cccc(F)c2)c1-c1c(C)cccc1Pc1cccc(F)c1. The van der Waals surface area contributed by atoms with Crippen molar-refractivity contribution in [3.05, 3.63) is 108 Å². The molecular weight excluding hydrogens is 412 g/mol. The summed E-state index contributed by atoms with van der Waals surface area (Å²) in [5.41, 5.74) is 4.79. The largest absolute Gasteiger partial charge is 0.207 e. The summed E-state index contributed by atoms with van der Waals surface area (Å²) >= 11 is 0. The van der Waals surface area contributed by atoms with E-state index in [1.54, 1.807) is 24.3 Å². The summed E-state index contributed by atoms with van der Waals surface area (Å²) in [6, 6.07) is 26.3. The van der Waals surface area contributed by atoms with Crippen LogP contribution in [0.2, 0.25) is 0 Å². The van der Waals surface area contributed by atoms with Crippen LogP contribution in [0.5, 0.6) is 0 Å². The van der Waals surface area contributed by atoms with Gasteiger partial charge in [0.05, 0.1) is 0 Å². The molecule has 0 aromatic heterocycles. The number of halogens is 2. The molecule has 4 aromatic carbocycles. The third kappa shape index (κ3) is 4.67. The molecule has 0 heterocycles. The lowest BCUT2D eigenvalue weighted by atomic mass is 9.96. The Balaban J connectivity index is 1.82. The van der Waals surface area contributed by atoms with Gasteiger partial charge in [0.15, 0.2) is 0 Å². The van der Waals surface area contributed by atoms with Gasteiger partial charge in [-0.15, -0.1) is 0 Å². The van der Waals surface area contributed by atoms with Crippen molar-refractivity contribution in [2.75, 3.05) is 0 Å². The van der Waals surface area contributed by atoms with Gasteiger partial charge in [0.2, 0.25) is 0 Å². The first-order chi connectivity index (χ1) is 14.5. The summed E-state index contributed by atoms with van der Waals surface area (Å²) in [6.07, 6.45) is 0. The summed E-state index contributed by atoms with van der Waals surface area (Å²) in [7, 11) is 0.711. The van der Waals surface area contributed by atoms with Crippen molar-refractivity contribution in [2.45, 2.75) is 13.8 Å². The number of aryl methyl sites for hydroxylation is 2. The Morgan fingerprint density at radius 1 is 0.533 bits per heavy atom. The van der Waals surface area contributed by atoms with E-state index in [0.29, 0.717) is 17.2 Å². The van der Waals surface area contributed by atoms with Crippen molar-refractivity contribution in [1.82, 2.24) is 0 Å². The van der Waals surface area contributed by atoms with E-state index < -0.39 is 0 Å². The average Bonchev–Trinajstić information content (AvgIpc) is 2.70. The highest BCUT2D eigenvalue weighted by Gasteiger charge is 2.16. The van der Waals surface area contributed by atoms with E-state index >= 15 is 0 Å². The Bertz CT molecular complexity index is 1110. The Morgan fingerprint density at radius 2 is 0.933 bits per heavy atom. The van der Waals surface area contributed by atoms with Gasteiger partial charge in [0, 0.05) is 0 Å². The van der Waals surface area contributed by atoms with Crippen molar-refractivity contribution in [1.29, 1.82) is 0 Å². The van der Waals surface area contributed by atoms with Crippen LogP contribution in [0.4, 0.5) is 8.78 Å². The zero-order valence-corrected chi connectivity index (χ0v) is 18.8. The van der Waals surface area contributed by atoms with E-state index in [9.17, 15) is 8.78 Å². The van der Waals surface area contributed by atoms with Crippen molar-refractivity contribution in [3.63, 3.8) is 0 Å². The van der Waals surface area contributed by atoms with E-state index in [1.807, 2.05) is 12.1 Å². The van der Waals surface area contributed by atoms with Crippen LogP contribution in [0.15, 0.2) is 84.9 Å². The van der Waals surface area contributed by atoms with Crippen LogP contribution >= 0.6 is 17.2 Å². The zero-order chi connectivity index (χ0) is 21.1. The van der Waals surface area contributed by atoms with Gasteiger partial charge in [-0.25, -0.2) is 8.78 Å². The van der Waals surface area contributed by atoms with E-state index in [2.05, 4.69) is 50.2 Å². The molecular formula is C26H22F2P2. The number of hydrogen-bond donors (Lipinski definition) is 0. The second-order valence-electron chi connectivity index (χ2n) is 7.27. The molecule has 4 rings (SSSR count). The molecule has 0 aliphatic carbocycles. The summed E-state index contributed by atoms with van der Waals surface area (Å²) in [6.45, 7) is 4.24. The third-order valence-corrected chi connectivity index (χ3v) is 7.57. The Kier molecular flexibility index (Phi) is 6.38. The molecule has 0 aliphatic rings. The van der Waals surface area contributed by atoms with Gasteiger partial charge in [-0.1, -0.05) is 77.8 Å². The minimum Gasteiger partial charge on any atom is -0.207 e. The van der Waals surface area contributed by atoms with Gasteiger partial charge in [-0.3, -0.25) is 0 Å². The molecule has 0 nitrogen and oxygen atoms in total. The first-order valence-corrected chi connectivity index (χ1v) is 11.8. The summed E-state index contributed by atoms with van der Waals surface area (Å²) in [5.74, 6) is -0.420. The molecule has 0 aliphatic heterocycles. The van der Waals surface area contributed by atoms with E-state index in [0.717, 1.165) is 10.6 Å². The maximum atomic E-state index is 13.8. The van der Waals surface area contributed by atoms with E-state index in [4.69, 9.17) is 0 Å². The van der Waals surface area contributed by atoms with Crippen molar-refractivity contribution < 1.29 is 8.78 Å². The third-order valence-electron chi connectivity index (χ3n) is 5.00. The van der Waals surface area contributed by atoms with Gasteiger partial charge < -0.3 is 0 Å². The first-order valence-electron chi connectivity index (χ1n) is 9.76. The van der Waals surface area contributed by atoms with Crippen LogP contribution in [0.25, 0.3) is 11.1 Å². The van der Waals surface area contributed by atoms with Crippen LogP contribution < -0.4 is 21.2 Å². The predicted octanol–water partition coefficient (Wildman–Crippen LogP) is 5.51. The monoisotopic (exact) mass is 434 g/mol. The smallest absolute Gasteiger partial charge is 0.123 e. The van der Waals surface area contributed by atoms with Gasteiger partial charge in [0.25, 0.3) is 0 Å². The minimum atomic E-state index is -0.210. The Hall–Kier alpha value is -2.40. The fraction of sp³-hybridized carbons (Fsp3) is 0.0769. The van der Waals surface area contributed by atoms with Crippen molar-refractivity contribution in [2.24, 2.45) is 0 Å². The molecule has 4 aromatic rings. The average molecular weight is 434 g/mol. The van der Waals surface area contributed by atoms with Crippen LogP contribution in [-0.2, 0) is 0 Å². The van der Waals surface area contributed by atoms with Gasteiger partial charge >= 0.3 is 0 Å². The molecule has 0 amide bonds. The molecule has 150 valence electrons. The lowest BCUT2D eigenvalue weighted by molar-refractivity contribution is 0.628. The minimum absolute atomic E-state index is 0.210. The quantitative estimate of drug-likeness (QED) is 0.364. The summed E-state index contributed by atoms with van der Waals surface area (Å²) in [5, 5.41) is 4.34. The van der Waals surface area contributed by atoms with Crippen LogP contribution in [-0.4, -0.2) is 0 Å². The molecule has 30 heavy (non-hydrogen) atoms. The molecule has 2 unspecified atom stereocenters. The van der Waals surface area contributed by atoms with Crippen LogP contribution in [0, 0.1) is 25.5 Å². The van der Waals surface area contributed by atoms with Crippen LogP contribution in [0.3, 0.4) is 0 Å². The fourth-order valence-electron chi connectivity index (χ4n) is 3.65. The van der Waals surface area contributed by atoms with Crippen molar-refractivity contribution >= 4 is 38.4 Å². The molecule has 0 saturated carbocycles. The highest BCUT2D eigenvalue weighted by atomic mass is 31.1. The topological polar surface area (TPSA) is 0 Å². The van der Waals surface area contributed by atoms with Gasteiger partial charge in [-0.2, -0.15) is 0 Å². The number of hydrogen-bond acceptors (Lipinski definition) is 0. The molecule has 4 heteroatoms. The summed E-state index contributed by atoms with van der Waals surface area (Å²) < 4.78 is 27.5. The van der Waals surface area contributed by atoms with Gasteiger partial charge in [-0.05, 0) is 81.6 Å². The normalized spacial score (nSPS) is 11.7. The molecule has 0 bridgehead atoms. The molecule has 0 fully saturated rings. The lowest BCUT2D eigenvalue weighted by Crippen LogP contribution is -2.15. The van der Waals surface area contributed by atoms with Crippen LogP contribution in [0.1, 0.15) is 11.1 Å². The second kappa shape index (κ2) is 9.17. The Morgan fingerprint density at radius 3 is 1.33 bits per heavy atom. The highest BCUT2D eigenvalue weighted by Crippen LogP contribution is 2.31. The second-order valence-corrected chi connectivity index (χ2v) is 10.00. The predicted molar refractivity (Wildman–Crippen MR) is 129 cm³/mol. The molecule has 0 spiro atoms. The Labute approximate surface area is 179 Å². The fourth-order valence-corrected chi connectivity index (χ4v) is 6.31.